The number of nitro benzene ring substituents is 1. The van der Waals surface area contributed by atoms with E-state index in [1.807, 2.05) is 0 Å². The Balaban J connectivity index is 1.97. The number of ether oxygens (including phenoxy) is 3. The second-order valence-corrected chi connectivity index (χ2v) is 4.37. The molecule has 0 aromatic heterocycles. The lowest BCUT2D eigenvalue weighted by atomic mass is 10.2. The van der Waals surface area contributed by atoms with Gasteiger partial charge in [0.05, 0.1) is 9.95 Å². The van der Waals surface area contributed by atoms with Crippen molar-refractivity contribution >= 4 is 17.3 Å². The van der Waals surface area contributed by atoms with Crippen LogP contribution < -0.4 is 14.2 Å². The number of rotatable bonds is 3. The molecule has 6 nitrogen and oxygen atoms in total. The summed E-state index contributed by atoms with van der Waals surface area (Å²) < 4.78 is 15.9. The molecule has 20 heavy (non-hydrogen) atoms. The minimum Gasteiger partial charge on any atom is -0.454 e. The van der Waals surface area contributed by atoms with E-state index in [4.69, 9.17) is 25.8 Å². The van der Waals surface area contributed by atoms with Gasteiger partial charge in [0.25, 0.3) is 0 Å². The Bertz CT molecular complexity index is 688. The third kappa shape index (κ3) is 2.21. The van der Waals surface area contributed by atoms with Gasteiger partial charge < -0.3 is 14.2 Å². The number of fused-ring (bicyclic) bond motifs is 1. The molecular weight excluding hydrogens is 286 g/mol. The van der Waals surface area contributed by atoms with Gasteiger partial charge in [-0.25, -0.2) is 0 Å². The predicted octanol–water partition coefficient (Wildman–Crippen LogP) is 3.77. The maximum absolute atomic E-state index is 11.0. The van der Waals surface area contributed by atoms with Crippen molar-refractivity contribution in [2.24, 2.45) is 0 Å². The molecule has 0 bridgehead atoms. The minimum atomic E-state index is -0.547. The minimum absolute atomic E-state index is 0.00182. The molecule has 2 aromatic carbocycles. The Morgan fingerprint density at radius 2 is 2.00 bits per heavy atom. The molecule has 1 heterocycles. The molecular formula is C13H8ClNO5. The van der Waals surface area contributed by atoms with Gasteiger partial charge in [-0.2, -0.15) is 0 Å². The number of para-hydroxylation sites is 1. The Labute approximate surface area is 118 Å². The molecule has 0 radical (unpaired) electrons. The van der Waals surface area contributed by atoms with Crippen molar-refractivity contribution in [2.75, 3.05) is 6.79 Å². The predicted molar refractivity (Wildman–Crippen MR) is 70.7 cm³/mol. The smallest absolute Gasteiger partial charge is 0.313 e. The van der Waals surface area contributed by atoms with Crippen LogP contribution in [0.15, 0.2) is 36.4 Å². The molecule has 102 valence electrons. The zero-order valence-corrected chi connectivity index (χ0v) is 10.8. The van der Waals surface area contributed by atoms with Crippen molar-refractivity contribution in [3.63, 3.8) is 0 Å². The fourth-order valence-corrected chi connectivity index (χ4v) is 2.01. The molecule has 0 saturated carbocycles. The molecule has 0 unspecified atom stereocenters. The van der Waals surface area contributed by atoms with Crippen LogP contribution in [0.5, 0.6) is 23.0 Å². The summed E-state index contributed by atoms with van der Waals surface area (Å²) in [6, 6.07) is 9.23. The van der Waals surface area contributed by atoms with E-state index in [0.29, 0.717) is 17.2 Å². The lowest BCUT2D eigenvalue weighted by Gasteiger charge is -2.08. The first-order chi connectivity index (χ1) is 9.65. The maximum Gasteiger partial charge on any atom is 0.313 e. The first kappa shape index (κ1) is 12.6. The second kappa shape index (κ2) is 4.90. The third-order valence-electron chi connectivity index (χ3n) is 2.71. The summed E-state index contributed by atoms with van der Waals surface area (Å²) in [7, 11) is 0. The van der Waals surface area contributed by atoms with Crippen LogP contribution in [0.1, 0.15) is 0 Å². The molecule has 0 fully saturated rings. The highest BCUT2D eigenvalue weighted by atomic mass is 35.5. The number of nitrogens with zero attached hydrogens (tertiary/aromatic N) is 1. The van der Waals surface area contributed by atoms with Gasteiger partial charge in [-0.05, 0) is 18.2 Å². The SMILES string of the molecule is O=[N+]([O-])c1cccc(Cl)c1Oc1ccc2c(c1)OCO2. The Morgan fingerprint density at radius 1 is 1.20 bits per heavy atom. The van der Waals surface area contributed by atoms with Gasteiger partial charge in [-0.1, -0.05) is 17.7 Å². The Morgan fingerprint density at radius 3 is 2.80 bits per heavy atom. The average Bonchev–Trinajstić information content (AvgIpc) is 2.88. The van der Waals surface area contributed by atoms with Crippen LogP contribution in [0.25, 0.3) is 0 Å². The molecule has 3 rings (SSSR count). The van der Waals surface area contributed by atoms with Crippen LogP contribution in [-0.2, 0) is 0 Å². The summed E-state index contributed by atoms with van der Waals surface area (Å²) in [5.41, 5.74) is -0.199. The van der Waals surface area contributed by atoms with Crippen LogP contribution in [0, 0.1) is 10.1 Å². The van der Waals surface area contributed by atoms with E-state index in [1.165, 1.54) is 18.2 Å². The highest BCUT2D eigenvalue weighted by molar-refractivity contribution is 6.32. The lowest BCUT2D eigenvalue weighted by molar-refractivity contribution is -0.385. The van der Waals surface area contributed by atoms with E-state index >= 15 is 0 Å². The Hall–Kier alpha value is -2.47. The first-order valence-corrected chi connectivity index (χ1v) is 6.03. The highest BCUT2D eigenvalue weighted by Gasteiger charge is 2.20. The van der Waals surface area contributed by atoms with Crippen LogP contribution in [-0.4, -0.2) is 11.7 Å². The van der Waals surface area contributed by atoms with E-state index in [9.17, 15) is 10.1 Å². The first-order valence-electron chi connectivity index (χ1n) is 5.65. The third-order valence-corrected chi connectivity index (χ3v) is 3.00. The topological polar surface area (TPSA) is 70.8 Å². The van der Waals surface area contributed by atoms with E-state index in [2.05, 4.69) is 0 Å². The normalized spacial score (nSPS) is 12.2. The van der Waals surface area contributed by atoms with Crippen molar-refractivity contribution in [2.45, 2.75) is 0 Å². The molecule has 0 amide bonds. The van der Waals surface area contributed by atoms with Gasteiger partial charge in [0.15, 0.2) is 11.5 Å². The number of nitro groups is 1. The van der Waals surface area contributed by atoms with E-state index < -0.39 is 4.92 Å². The van der Waals surface area contributed by atoms with E-state index in [0.717, 1.165) is 0 Å². The highest BCUT2D eigenvalue weighted by Crippen LogP contribution is 2.41. The van der Waals surface area contributed by atoms with Gasteiger partial charge in [0.1, 0.15) is 5.75 Å². The van der Waals surface area contributed by atoms with Crippen LogP contribution >= 0.6 is 11.6 Å². The monoisotopic (exact) mass is 293 g/mol. The summed E-state index contributed by atoms with van der Waals surface area (Å²) >= 11 is 5.96. The van der Waals surface area contributed by atoms with Crippen molar-refractivity contribution in [3.8, 4) is 23.0 Å². The number of halogens is 1. The molecule has 0 spiro atoms. The molecule has 1 aliphatic heterocycles. The average molecular weight is 294 g/mol. The van der Waals surface area contributed by atoms with Gasteiger partial charge in [0, 0.05) is 12.1 Å². The van der Waals surface area contributed by atoms with Crippen molar-refractivity contribution in [3.05, 3.63) is 51.5 Å². The van der Waals surface area contributed by atoms with E-state index in [-0.39, 0.29) is 23.3 Å². The molecule has 0 N–H and O–H groups in total. The number of hydrogen-bond acceptors (Lipinski definition) is 5. The van der Waals surface area contributed by atoms with Crippen molar-refractivity contribution in [1.29, 1.82) is 0 Å². The summed E-state index contributed by atoms with van der Waals surface area (Å²) in [5, 5.41) is 11.1. The van der Waals surface area contributed by atoms with Gasteiger partial charge in [-0.3, -0.25) is 10.1 Å². The quantitative estimate of drug-likeness (QED) is 0.636. The summed E-state index contributed by atoms with van der Waals surface area (Å²) in [6.07, 6.45) is 0. The molecule has 0 aliphatic carbocycles. The summed E-state index contributed by atoms with van der Waals surface area (Å²) in [6.45, 7) is 0.144. The van der Waals surface area contributed by atoms with Crippen molar-refractivity contribution < 1.29 is 19.1 Å². The zero-order valence-electron chi connectivity index (χ0n) is 10.0. The Kier molecular flexibility index (Phi) is 3.08. The second-order valence-electron chi connectivity index (χ2n) is 3.96. The number of benzene rings is 2. The maximum atomic E-state index is 11.0. The van der Waals surface area contributed by atoms with Crippen molar-refractivity contribution in [1.82, 2.24) is 0 Å². The fourth-order valence-electron chi connectivity index (χ4n) is 1.80. The zero-order chi connectivity index (χ0) is 14.1. The van der Waals surface area contributed by atoms with E-state index in [1.54, 1.807) is 18.2 Å². The molecule has 1 aliphatic rings. The number of hydrogen-bond donors (Lipinski definition) is 0. The lowest BCUT2D eigenvalue weighted by Crippen LogP contribution is -1.94. The summed E-state index contributed by atoms with van der Waals surface area (Å²) in [5.74, 6) is 1.51. The standard InChI is InChI=1S/C13H8ClNO5/c14-9-2-1-3-10(15(16)17)13(9)20-8-4-5-11-12(6-8)19-7-18-11/h1-6H,7H2. The summed E-state index contributed by atoms with van der Waals surface area (Å²) in [4.78, 5) is 10.4. The van der Waals surface area contributed by atoms with Crippen LogP contribution in [0.3, 0.4) is 0 Å². The molecule has 0 atom stereocenters. The van der Waals surface area contributed by atoms with Gasteiger partial charge in [-0.15, -0.1) is 0 Å². The largest absolute Gasteiger partial charge is 0.454 e. The molecule has 2 aromatic rings. The molecule has 7 heteroatoms. The van der Waals surface area contributed by atoms with Crippen LogP contribution in [0.4, 0.5) is 5.69 Å². The van der Waals surface area contributed by atoms with Gasteiger partial charge in [0.2, 0.25) is 12.5 Å². The van der Waals surface area contributed by atoms with Crippen LogP contribution in [0.2, 0.25) is 5.02 Å². The fraction of sp³-hybridized carbons (Fsp3) is 0.0769. The molecule has 0 saturated heterocycles. The van der Waals surface area contributed by atoms with Gasteiger partial charge >= 0.3 is 5.69 Å².